The lowest BCUT2D eigenvalue weighted by molar-refractivity contribution is -0.210. The summed E-state index contributed by atoms with van der Waals surface area (Å²) in [5, 5.41) is 11.6. The number of halogens is 3. The predicted molar refractivity (Wildman–Crippen MR) is 154 cm³/mol. The zero-order valence-electron chi connectivity index (χ0n) is 25.1. The van der Waals surface area contributed by atoms with Gasteiger partial charge in [0, 0.05) is 0 Å². The Morgan fingerprint density at radius 3 is 2.10 bits per heavy atom. The molecule has 2 rings (SSSR count). The third kappa shape index (κ3) is 8.09. The van der Waals surface area contributed by atoms with E-state index in [1.54, 1.807) is 64.2 Å². The van der Waals surface area contributed by atoms with Gasteiger partial charge in [-0.25, -0.2) is 9.59 Å². The second kappa shape index (κ2) is 13.2. The molecule has 0 aliphatic carbocycles. The van der Waals surface area contributed by atoms with Gasteiger partial charge in [-0.1, -0.05) is 65.0 Å². The molecule has 13 heteroatoms. The second-order valence-electron chi connectivity index (χ2n) is 11.8. The van der Waals surface area contributed by atoms with Crippen LogP contribution in [0.15, 0.2) is 41.2 Å². The van der Waals surface area contributed by atoms with Crippen LogP contribution in [0.2, 0.25) is 18.1 Å². The van der Waals surface area contributed by atoms with Crippen LogP contribution in [0.5, 0.6) is 0 Å². The molecule has 0 spiro atoms. The average molecular weight is 613 g/mol. The van der Waals surface area contributed by atoms with E-state index in [2.05, 4.69) is 5.32 Å². The first-order chi connectivity index (χ1) is 19.2. The third-order valence-corrected chi connectivity index (χ3v) is 11.8. The molecule has 9 nitrogen and oxygen atoms in total. The van der Waals surface area contributed by atoms with Crippen LogP contribution < -0.4 is 10.9 Å². The zero-order valence-corrected chi connectivity index (χ0v) is 26.1. The van der Waals surface area contributed by atoms with Gasteiger partial charge >= 0.3 is 18.1 Å². The number of rotatable bonds is 11. The smallest absolute Gasteiger partial charge is 0.415 e. The Morgan fingerprint density at radius 1 is 1.07 bits per heavy atom. The predicted octanol–water partition coefficient (Wildman–Crippen LogP) is 5.48. The number of carboxylic acids is 1. The Bertz CT molecular complexity index is 1350. The van der Waals surface area contributed by atoms with E-state index < -0.39 is 78.7 Å². The Kier molecular flexibility index (Phi) is 11.0. The lowest BCUT2D eigenvalue weighted by atomic mass is 9.98. The highest BCUT2D eigenvalue weighted by molar-refractivity contribution is 6.74. The molecule has 0 aliphatic heterocycles. The molecule has 232 valence electrons. The van der Waals surface area contributed by atoms with Crippen LogP contribution in [-0.4, -0.2) is 60.8 Å². The van der Waals surface area contributed by atoms with Crippen molar-refractivity contribution in [3.63, 3.8) is 0 Å². The van der Waals surface area contributed by atoms with E-state index in [1.807, 2.05) is 0 Å². The molecule has 0 radical (unpaired) electrons. The summed E-state index contributed by atoms with van der Waals surface area (Å²) in [6.45, 7) is 12.4. The minimum Gasteiger partial charge on any atom is -0.477 e. The fourth-order valence-electron chi connectivity index (χ4n) is 4.03. The Labute approximate surface area is 244 Å². The number of amides is 1. The fraction of sp³-hybridized carbons (Fsp3) is 0.517. The zero-order chi connectivity index (χ0) is 32.2. The molecule has 1 aromatic carbocycles. The highest BCUT2D eigenvalue weighted by Gasteiger charge is 2.52. The highest BCUT2D eigenvalue weighted by Crippen LogP contribution is 2.41. The number of carbonyl (C=O) groups excluding carboxylic acids is 2. The van der Waals surface area contributed by atoms with E-state index in [0.29, 0.717) is 5.56 Å². The average Bonchev–Trinajstić information content (AvgIpc) is 2.86. The van der Waals surface area contributed by atoms with E-state index in [-0.39, 0.29) is 12.3 Å². The number of benzene rings is 1. The molecule has 1 heterocycles. The second-order valence-corrected chi connectivity index (χ2v) is 16.5. The summed E-state index contributed by atoms with van der Waals surface area (Å²) < 4.78 is 54.7. The molecule has 2 N–H and O–H groups in total. The van der Waals surface area contributed by atoms with Gasteiger partial charge in [-0.3, -0.25) is 14.2 Å². The summed E-state index contributed by atoms with van der Waals surface area (Å²) in [5.41, 5.74) is -2.25. The molecule has 1 amide bonds. The lowest BCUT2D eigenvalue weighted by Crippen LogP contribution is -2.59. The van der Waals surface area contributed by atoms with Gasteiger partial charge in [0.05, 0.1) is 23.9 Å². The Morgan fingerprint density at radius 2 is 1.64 bits per heavy atom. The van der Waals surface area contributed by atoms with Gasteiger partial charge < -0.3 is 19.6 Å². The molecule has 0 saturated heterocycles. The van der Waals surface area contributed by atoms with Gasteiger partial charge in [0.15, 0.2) is 14.4 Å². The van der Waals surface area contributed by atoms with Crippen LogP contribution in [0.4, 0.5) is 13.2 Å². The van der Waals surface area contributed by atoms with Crippen molar-refractivity contribution in [2.75, 3.05) is 6.61 Å². The third-order valence-electron chi connectivity index (χ3n) is 7.30. The molecule has 0 aliphatic rings. The monoisotopic (exact) mass is 612 g/mol. The van der Waals surface area contributed by atoms with Crippen molar-refractivity contribution in [2.45, 2.75) is 84.5 Å². The summed E-state index contributed by atoms with van der Waals surface area (Å²) in [4.78, 5) is 51.5. The van der Waals surface area contributed by atoms with Crippen molar-refractivity contribution < 1.29 is 41.8 Å². The van der Waals surface area contributed by atoms with Crippen molar-refractivity contribution in [1.29, 1.82) is 0 Å². The minimum absolute atomic E-state index is 0.00907. The first-order valence-electron chi connectivity index (χ1n) is 13.5. The number of carboxylic acid groups (broad SMARTS) is 1. The normalized spacial score (nSPS) is 13.9. The number of nitrogens with zero attached hydrogens (tertiary/aromatic N) is 1. The number of aromatic carboxylic acids is 1. The van der Waals surface area contributed by atoms with Gasteiger partial charge in [-0.15, -0.1) is 0 Å². The topological polar surface area (TPSA) is 124 Å². The van der Waals surface area contributed by atoms with Crippen LogP contribution in [0.25, 0.3) is 11.3 Å². The number of pyridine rings is 1. The van der Waals surface area contributed by atoms with Gasteiger partial charge in [0.25, 0.3) is 5.56 Å². The number of alkyl halides is 3. The molecule has 2 aromatic rings. The summed E-state index contributed by atoms with van der Waals surface area (Å²) >= 11 is 0. The van der Waals surface area contributed by atoms with Crippen LogP contribution in [-0.2, 0) is 20.5 Å². The van der Waals surface area contributed by atoms with Crippen molar-refractivity contribution >= 4 is 26.2 Å². The maximum atomic E-state index is 14.4. The van der Waals surface area contributed by atoms with Crippen molar-refractivity contribution in [3.05, 3.63) is 57.9 Å². The Hall–Kier alpha value is -3.45. The van der Waals surface area contributed by atoms with Gasteiger partial charge in [-0.05, 0) is 42.6 Å². The molecule has 0 fully saturated rings. The van der Waals surface area contributed by atoms with E-state index in [1.165, 1.54) is 20.8 Å². The van der Waals surface area contributed by atoms with Gasteiger partial charge in [0.2, 0.25) is 5.91 Å². The maximum absolute atomic E-state index is 14.4. The fourth-order valence-corrected chi connectivity index (χ4v) is 5.30. The molecule has 2 unspecified atom stereocenters. The first-order valence-corrected chi connectivity index (χ1v) is 16.4. The van der Waals surface area contributed by atoms with Crippen molar-refractivity contribution in [3.8, 4) is 11.3 Å². The summed E-state index contributed by atoms with van der Waals surface area (Å²) in [6, 6.07) is 7.69. The SMILES string of the molecule is CCOC(=O)c1cc(-c2ccccc2)n(CC(=O)NC(C(C)C)C(O[Si](C)(C)C(C)(C)C)C(F)(F)F)c(=O)c1C(=O)O. The number of carbonyl (C=O) groups is 3. The van der Waals surface area contributed by atoms with Crippen molar-refractivity contribution in [1.82, 2.24) is 9.88 Å². The number of hydrogen-bond acceptors (Lipinski definition) is 6. The number of esters is 1. The standard InChI is InChI=1S/C29H39F3N2O7Si/c1-9-40-27(39)19-15-20(18-13-11-10-12-14-18)34(25(36)22(19)26(37)38)16-21(35)33-23(17(2)3)24(29(30,31)32)41-42(7,8)28(4,5)6/h10-15,17,23-24H,9,16H2,1-8H3,(H,33,35)(H,37,38). The number of hydrogen-bond donors (Lipinski definition) is 2. The van der Waals surface area contributed by atoms with E-state index in [9.17, 15) is 37.5 Å². The van der Waals surface area contributed by atoms with Gasteiger partial charge in [0.1, 0.15) is 12.1 Å². The molecule has 0 bridgehead atoms. The molecule has 0 saturated carbocycles. The molecule has 2 atom stereocenters. The van der Waals surface area contributed by atoms with Crippen LogP contribution in [0.3, 0.4) is 0 Å². The van der Waals surface area contributed by atoms with E-state index in [0.717, 1.165) is 10.6 Å². The van der Waals surface area contributed by atoms with Crippen LogP contribution in [0.1, 0.15) is 62.3 Å². The van der Waals surface area contributed by atoms with E-state index >= 15 is 0 Å². The lowest BCUT2D eigenvalue weighted by Gasteiger charge is -2.42. The van der Waals surface area contributed by atoms with E-state index in [4.69, 9.17) is 9.16 Å². The van der Waals surface area contributed by atoms with Crippen LogP contribution in [0, 0.1) is 5.92 Å². The van der Waals surface area contributed by atoms with Crippen molar-refractivity contribution in [2.24, 2.45) is 5.92 Å². The largest absolute Gasteiger partial charge is 0.477 e. The summed E-state index contributed by atoms with van der Waals surface area (Å²) in [5.74, 6) is -4.47. The quantitative estimate of drug-likeness (QED) is 0.254. The summed E-state index contributed by atoms with van der Waals surface area (Å²) in [6.07, 6.45) is -7.14. The summed E-state index contributed by atoms with van der Waals surface area (Å²) in [7, 11) is -2.95. The highest BCUT2D eigenvalue weighted by atomic mass is 28.4. The molecule has 1 aromatic heterocycles. The number of nitrogens with one attached hydrogen (secondary N) is 1. The Balaban J connectivity index is 2.64. The van der Waals surface area contributed by atoms with Gasteiger partial charge in [-0.2, -0.15) is 13.2 Å². The minimum atomic E-state index is -4.82. The molecular formula is C29H39F3N2O7Si. The van der Waals surface area contributed by atoms with Crippen LogP contribution >= 0.6 is 0 Å². The number of aromatic nitrogens is 1. The number of ether oxygens (including phenoxy) is 1. The maximum Gasteiger partial charge on any atom is 0.415 e. The molecular weight excluding hydrogens is 573 g/mol. The molecule has 42 heavy (non-hydrogen) atoms. The first kappa shape index (κ1) is 34.7.